The van der Waals surface area contributed by atoms with Crippen LogP contribution in [0.3, 0.4) is 0 Å². The Morgan fingerprint density at radius 2 is 2.18 bits per heavy atom. The third-order valence-corrected chi connectivity index (χ3v) is 3.18. The molecule has 1 N–H and O–H groups in total. The average molecular weight is 241 g/mol. The highest BCUT2D eigenvalue weighted by atomic mass is 19.2. The minimum atomic E-state index is -0.810. The number of hydrogen-bond donors (Lipinski definition) is 1. The summed E-state index contributed by atoms with van der Waals surface area (Å²) in [6.45, 7) is 1.51. The lowest BCUT2D eigenvalue weighted by Crippen LogP contribution is -2.30. The van der Waals surface area contributed by atoms with E-state index in [1.165, 1.54) is 12.1 Å². The Bertz CT molecular complexity index is 382. The van der Waals surface area contributed by atoms with E-state index in [1.54, 1.807) is 6.07 Å². The van der Waals surface area contributed by atoms with Crippen molar-refractivity contribution < 1.29 is 13.5 Å². The van der Waals surface area contributed by atoms with E-state index in [1.807, 2.05) is 7.05 Å². The SMILES string of the molecule is CNCC1CCCOC1c1ccc(F)c(F)c1. The van der Waals surface area contributed by atoms with Crippen LogP contribution in [0, 0.1) is 17.6 Å². The Balaban J connectivity index is 2.20. The Labute approximate surface area is 100.0 Å². The van der Waals surface area contributed by atoms with Gasteiger partial charge in [-0.05, 0) is 37.6 Å². The molecule has 0 saturated carbocycles. The van der Waals surface area contributed by atoms with E-state index in [0.717, 1.165) is 24.9 Å². The lowest BCUT2D eigenvalue weighted by molar-refractivity contribution is -0.0274. The predicted octanol–water partition coefficient (Wildman–Crippen LogP) is 2.65. The Hall–Kier alpha value is -1.00. The van der Waals surface area contributed by atoms with E-state index in [0.29, 0.717) is 12.5 Å². The molecule has 1 saturated heterocycles. The zero-order valence-corrected chi connectivity index (χ0v) is 9.88. The molecule has 1 aliphatic rings. The second-order valence-corrected chi connectivity index (χ2v) is 4.42. The van der Waals surface area contributed by atoms with Gasteiger partial charge in [-0.25, -0.2) is 8.78 Å². The average Bonchev–Trinajstić information content (AvgIpc) is 2.34. The van der Waals surface area contributed by atoms with Gasteiger partial charge in [0.15, 0.2) is 11.6 Å². The quantitative estimate of drug-likeness (QED) is 0.878. The molecule has 0 bridgehead atoms. The highest BCUT2D eigenvalue weighted by Crippen LogP contribution is 2.33. The van der Waals surface area contributed by atoms with Crippen LogP contribution in [-0.2, 0) is 4.74 Å². The summed E-state index contributed by atoms with van der Waals surface area (Å²) in [5, 5.41) is 3.12. The molecule has 0 aliphatic carbocycles. The van der Waals surface area contributed by atoms with Gasteiger partial charge in [-0.1, -0.05) is 6.07 Å². The van der Waals surface area contributed by atoms with Gasteiger partial charge in [0.1, 0.15) is 0 Å². The number of rotatable bonds is 3. The third-order valence-electron chi connectivity index (χ3n) is 3.18. The van der Waals surface area contributed by atoms with Crippen molar-refractivity contribution in [3.8, 4) is 0 Å². The molecule has 4 heteroatoms. The van der Waals surface area contributed by atoms with Crippen LogP contribution in [0.4, 0.5) is 8.78 Å². The molecule has 2 atom stereocenters. The molecular formula is C13H17F2NO. The molecule has 2 nitrogen and oxygen atoms in total. The summed E-state index contributed by atoms with van der Waals surface area (Å²) in [5.41, 5.74) is 0.726. The predicted molar refractivity (Wildman–Crippen MR) is 61.7 cm³/mol. The van der Waals surface area contributed by atoms with Gasteiger partial charge in [-0.15, -0.1) is 0 Å². The molecule has 17 heavy (non-hydrogen) atoms. The number of ether oxygens (including phenoxy) is 1. The Morgan fingerprint density at radius 1 is 1.35 bits per heavy atom. The standard InChI is InChI=1S/C13H17F2NO/c1-16-8-10-3-2-6-17-13(10)9-4-5-11(14)12(15)7-9/h4-5,7,10,13,16H,2-3,6,8H2,1H3. The Kier molecular flexibility index (Phi) is 4.07. The number of halogens is 2. The first-order valence-electron chi connectivity index (χ1n) is 5.93. The normalized spacial score (nSPS) is 24.9. The van der Waals surface area contributed by atoms with E-state index in [4.69, 9.17) is 4.74 Å². The van der Waals surface area contributed by atoms with Gasteiger partial charge >= 0.3 is 0 Å². The van der Waals surface area contributed by atoms with E-state index in [2.05, 4.69) is 5.32 Å². The molecule has 94 valence electrons. The molecule has 0 aromatic heterocycles. The van der Waals surface area contributed by atoms with Crippen molar-refractivity contribution in [3.05, 3.63) is 35.4 Å². The maximum atomic E-state index is 13.2. The molecular weight excluding hydrogens is 224 g/mol. The topological polar surface area (TPSA) is 21.3 Å². The monoisotopic (exact) mass is 241 g/mol. The van der Waals surface area contributed by atoms with Crippen molar-refractivity contribution in [3.63, 3.8) is 0 Å². The fraction of sp³-hybridized carbons (Fsp3) is 0.538. The van der Waals surface area contributed by atoms with Crippen molar-refractivity contribution in [1.82, 2.24) is 5.32 Å². The molecule has 1 heterocycles. The maximum Gasteiger partial charge on any atom is 0.159 e. The third kappa shape index (κ3) is 2.82. The summed E-state index contributed by atoms with van der Waals surface area (Å²) < 4.78 is 31.8. The van der Waals surface area contributed by atoms with Gasteiger partial charge in [0, 0.05) is 19.1 Å². The summed E-state index contributed by atoms with van der Waals surface area (Å²) in [7, 11) is 1.89. The van der Waals surface area contributed by atoms with Gasteiger partial charge in [0.05, 0.1) is 6.10 Å². The molecule has 0 radical (unpaired) electrons. The summed E-state index contributed by atoms with van der Waals surface area (Å²) in [4.78, 5) is 0. The zero-order valence-electron chi connectivity index (χ0n) is 9.88. The maximum absolute atomic E-state index is 13.2. The van der Waals surface area contributed by atoms with E-state index in [-0.39, 0.29) is 6.10 Å². The van der Waals surface area contributed by atoms with Crippen molar-refractivity contribution >= 4 is 0 Å². The van der Waals surface area contributed by atoms with Crippen LogP contribution < -0.4 is 5.32 Å². The fourth-order valence-corrected chi connectivity index (χ4v) is 2.37. The van der Waals surface area contributed by atoms with Gasteiger partial charge in [-0.2, -0.15) is 0 Å². The summed E-state index contributed by atoms with van der Waals surface area (Å²) in [5.74, 6) is -1.30. The highest BCUT2D eigenvalue weighted by molar-refractivity contribution is 5.21. The van der Waals surface area contributed by atoms with Crippen LogP contribution in [-0.4, -0.2) is 20.2 Å². The first-order chi connectivity index (χ1) is 8.22. The van der Waals surface area contributed by atoms with Gasteiger partial charge in [-0.3, -0.25) is 0 Å². The van der Waals surface area contributed by atoms with Gasteiger partial charge < -0.3 is 10.1 Å². The smallest absolute Gasteiger partial charge is 0.159 e. The van der Waals surface area contributed by atoms with Gasteiger partial charge in [0.25, 0.3) is 0 Å². The molecule has 1 aliphatic heterocycles. The minimum Gasteiger partial charge on any atom is -0.373 e. The number of hydrogen-bond acceptors (Lipinski definition) is 2. The lowest BCUT2D eigenvalue weighted by atomic mass is 9.89. The molecule has 0 spiro atoms. The molecule has 1 aromatic rings. The van der Waals surface area contributed by atoms with Crippen molar-refractivity contribution in [2.45, 2.75) is 18.9 Å². The first-order valence-corrected chi connectivity index (χ1v) is 5.93. The number of nitrogens with one attached hydrogen (secondary N) is 1. The largest absolute Gasteiger partial charge is 0.373 e. The van der Waals surface area contributed by atoms with Crippen molar-refractivity contribution in [1.29, 1.82) is 0 Å². The molecule has 1 fully saturated rings. The van der Waals surface area contributed by atoms with Gasteiger partial charge in [0.2, 0.25) is 0 Å². The summed E-state index contributed by atoms with van der Waals surface area (Å²) in [6, 6.07) is 4.02. The van der Waals surface area contributed by atoms with E-state index in [9.17, 15) is 8.78 Å². The van der Waals surface area contributed by atoms with Crippen LogP contribution >= 0.6 is 0 Å². The number of benzene rings is 1. The van der Waals surface area contributed by atoms with Crippen LogP contribution in [0.25, 0.3) is 0 Å². The zero-order chi connectivity index (χ0) is 12.3. The summed E-state index contributed by atoms with van der Waals surface area (Å²) >= 11 is 0. The first kappa shape index (κ1) is 12.5. The fourth-order valence-electron chi connectivity index (χ4n) is 2.37. The van der Waals surface area contributed by atoms with Crippen molar-refractivity contribution in [2.24, 2.45) is 5.92 Å². The van der Waals surface area contributed by atoms with Crippen LogP contribution in [0.5, 0.6) is 0 Å². The minimum absolute atomic E-state index is 0.133. The van der Waals surface area contributed by atoms with Crippen LogP contribution in [0.1, 0.15) is 24.5 Å². The van der Waals surface area contributed by atoms with E-state index >= 15 is 0 Å². The van der Waals surface area contributed by atoms with E-state index < -0.39 is 11.6 Å². The second kappa shape index (κ2) is 5.56. The lowest BCUT2D eigenvalue weighted by Gasteiger charge is -2.32. The molecule has 0 amide bonds. The highest BCUT2D eigenvalue weighted by Gasteiger charge is 2.27. The molecule has 1 aromatic carbocycles. The molecule has 2 rings (SSSR count). The van der Waals surface area contributed by atoms with Crippen LogP contribution in [0.2, 0.25) is 0 Å². The molecule has 2 unspecified atom stereocenters. The Morgan fingerprint density at radius 3 is 2.88 bits per heavy atom. The van der Waals surface area contributed by atoms with Crippen LogP contribution in [0.15, 0.2) is 18.2 Å². The van der Waals surface area contributed by atoms with Crippen molar-refractivity contribution in [2.75, 3.05) is 20.2 Å². The second-order valence-electron chi connectivity index (χ2n) is 4.42. The summed E-state index contributed by atoms with van der Waals surface area (Å²) in [6.07, 6.45) is 1.93.